The minimum absolute atomic E-state index is 1.20. The van der Waals surface area contributed by atoms with Gasteiger partial charge >= 0.3 is 0 Å². The highest BCUT2D eigenvalue weighted by Crippen LogP contribution is 2.12. The first kappa shape index (κ1) is 16.5. The average Bonchev–Trinajstić information content (AvgIpc) is 2.35. The van der Waals surface area contributed by atoms with Gasteiger partial charge in [0.25, 0.3) is 0 Å². The van der Waals surface area contributed by atoms with Crippen molar-refractivity contribution in [2.24, 2.45) is 0 Å². The predicted octanol–water partition coefficient (Wildman–Crippen LogP) is 6.24. The van der Waals surface area contributed by atoms with Crippen LogP contribution in [0.1, 0.15) is 77.0 Å². The highest BCUT2D eigenvalue weighted by Gasteiger charge is 1.92. The number of unbranched alkanes of at least 4 members (excludes halogenated alkanes) is 11. The molecule has 0 aliphatic heterocycles. The molecule has 0 aromatic rings. The van der Waals surface area contributed by atoms with Crippen molar-refractivity contribution in [3.8, 4) is 0 Å². The van der Waals surface area contributed by atoms with E-state index in [1.54, 1.807) is 0 Å². The zero-order valence-electron chi connectivity index (χ0n) is 11.6. The Bertz CT molecular complexity index is 167. The van der Waals surface area contributed by atoms with E-state index in [1.807, 2.05) is 12.2 Å². The lowest BCUT2D eigenvalue weighted by molar-refractivity contribution is 0.553. The van der Waals surface area contributed by atoms with Gasteiger partial charge < -0.3 is 0 Å². The SMILES string of the molecule is [CH2]C=CCCCCCCCCCCCCC=C. The van der Waals surface area contributed by atoms with Gasteiger partial charge in [-0.15, -0.1) is 6.58 Å². The van der Waals surface area contributed by atoms with E-state index in [2.05, 4.69) is 19.6 Å². The quantitative estimate of drug-likeness (QED) is 0.262. The summed E-state index contributed by atoms with van der Waals surface area (Å²) in [5, 5.41) is 0. The van der Waals surface area contributed by atoms with E-state index < -0.39 is 0 Å². The number of hydrogen-bond donors (Lipinski definition) is 0. The van der Waals surface area contributed by atoms with Crippen molar-refractivity contribution in [1.29, 1.82) is 0 Å². The van der Waals surface area contributed by atoms with E-state index in [0.717, 1.165) is 0 Å². The summed E-state index contributed by atoms with van der Waals surface area (Å²) >= 11 is 0. The fourth-order valence-corrected chi connectivity index (χ4v) is 2.08. The summed E-state index contributed by atoms with van der Waals surface area (Å²) in [6.45, 7) is 7.44. The number of rotatable bonds is 13. The van der Waals surface area contributed by atoms with Crippen molar-refractivity contribution < 1.29 is 0 Å². The maximum Gasteiger partial charge on any atom is -0.0316 e. The molecule has 0 fully saturated rings. The van der Waals surface area contributed by atoms with Crippen LogP contribution in [0.2, 0.25) is 0 Å². The summed E-state index contributed by atoms with van der Waals surface area (Å²) in [5.41, 5.74) is 0. The molecule has 0 rings (SSSR count). The molecule has 0 unspecified atom stereocenters. The summed E-state index contributed by atoms with van der Waals surface area (Å²) in [6.07, 6.45) is 22.6. The van der Waals surface area contributed by atoms with Crippen molar-refractivity contribution in [1.82, 2.24) is 0 Å². The Labute approximate surface area is 109 Å². The summed E-state index contributed by atoms with van der Waals surface area (Å²) < 4.78 is 0. The molecule has 0 spiro atoms. The first-order chi connectivity index (χ1) is 8.41. The van der Waals surface area contributed by atoms with Gasteiger partial charge in [0.05, 0.1) is 0 Å². The van der Waals surface area contributed by atoms with E-state index >= 15 is 0 Å². The van der Waals surface area contributed by atoms with Gasteiger partial charge in [-0.05, 0) is 32.6 Å². The Hall–Kier alpha value is -0.520. The zero-order chi connectivity index (χ0) is 12.6. The molecular formula is C17H31. The van der Waals surface area contributed by atoms with Gasteiger partial charge in [-0.25, -0.2) is 0 Å². The van der Waals surface area contributed by atoms with Crippen LogP contribution >= 0.6 is 0 Å². The van der Waals surface area contributed by atoms with E-state index in [-0.39, 0.29) is 0 Å². The standard InChI is InChI=1S/C17H31/c1-3-5-7-9-11-13-15-17-16-14-12-10-8-6-4-2/h3-5H,1-2,6-17H2. The largest absolute Gasteiger partial charge is 0.103 e. The first-order valence-corrected chi connectivity index (χ1v) is 7.47. The Morgan fingerprint density at radius 3 is 1.41 bits per heavy atom. The lowest BCUT2D eigenvalue weighted by atomic mass is 10.1. The van der Waals surface area contributed by atoms with Gasteiger partial charge in [0, 0.05) is 0 Å². The fraction of sp³-hybridized carbons (Fsp3) is 0.706. The minimum atomic E-state index is 1.20. The highest BCUT2D eigenvalue weighted by atomic mass is 14.0. The Morgan fingerprint density at radius 1 is 0.588 bits per heavy atom. The second-order valence-corrected chi connectivity index (χ2v) is 4.87. The molecule has 0 amide bonds. The molecule has 0 N–H and O–H groups in total. The molecule has 0 aromatic carbocycles. The zero-order valence-corrected chi connectivity index (χ0v) is 11.6. The van der Waals surface area contributed by atoms with Crippen LogP contribution in [0, 0.1) is 6.92 Å². The lowest BCUT2D eigenvalue weighted by Crippen LogP contribution is -1.82. The van der Waals surface area contributed by atoms with Crippen molar-refractivity contribution >= 4 is 0 Å². The second kappa shape index (κ2) is 15.5. The maximum atomic E-state index is 3.75. The molecule has 0 nitrogen and oxygen atoms in total. The Morgan fingerprint density at radius 2 is 1.00 bits per heavy atom. The molecule has 0 atom stereocenters. The van der Waals surface area contributed by atoms with Crippen LogP contribution in [0.3, 0.4) is 0 Å². The topological polar surface area (TPSA) is 0 Å². The van der Waals surface area contributed by atoms with Gasteiger partial charge in [-0.3, -0.25) is 0 Å². The monoisotopic (exact) mass is 235 g/mol. The molecule has 0 bridgehead atoms. The molecular weight excluding hydrogens is 204 g/mol. The van der Waals surface area contributed by atoms with Crippen LogP contribution in [0.15, 0.2) is 24.8 Å². The summed E-state index contributed by atoms with van der Waals surface area (Å²) in [7, 11) is 0. The molecule has 99 valence electrons. The molecule has 0 heterocycles. The van der Waals surface area contributed by atoms with Crippen molar-refractivity contribution in [2.75, 3.05) is 0 Å². The summed E-state index contributed by atoms with van der Waals surface area (Å²) in [6, 6.07) is 0. The first-order valence-electron chi connectivity index (χ1n) is 7.47. The second-order valence-electron chi connectivity index (χ2n) is 4.87. The third-order valence-corrected chi connectivity index (χ3v) is 3.20. The maximum absolute atomic E-state index is 3.75. The fourth-order valence-electron chi connectivity index (χ4n) is 2.08. The molecule has 0 saturated heterocycles. The third kappa shape index (κ3) is 15.5. The molecule has 1 radical (unpaired) electrons. The van der Waals surface area contributed by atoms with Crippen LogP contribution in [-0.2, 0) is 0 Å². The molecule has 0 saturated carbocycles. The Balaban J connectivity index is 2.91. The molecule has 0 aliphatic rings. The van der Waals surface area contributed by atoms with Gasteiger partial charge in [-0.1, -0.05) is 69.6 Å². The van der Waals surface area contributed by atoms with Gasteiger partial charge in [0.1, 0.15) is 0 Å². The van der Waals surface area contributed by atoms with E-state index in [0.29, 0.717) is 0 Å². The smallest absolute Gasteiger partial charge is 0.0316 e. The third-order valence-electron chi connectivity index (χ3n) is 3.20. The van der Waals surface area contributed by atoms with Crippen molar-refractivity contribution in [3.63, 3.8) is 0 Å². The number of hydrogen-bond acceptors (Lipinski definition) is 0. The van der Waals surface area contributed by atoms with Gasteiger partial charge in [-0.2, -0.15) is 0 Å². The van der Waals surface area contributed by atoms with Crippen molar-refractivity contribution in [2.45, 2.75) is 77.0 Å². The minimum Gasteiger partial charge on any atom is -0.103 e. The van der Waals surface area contributed by atoms with Gasteiger partial charge in [0.2, 0.25) is 0 Å². The number of allylic oxidation sites excluding steroid dienone is 3. The van der Waals surface area contributed by atoms with Crippen LogP contribution in [0.25, 0.3) is 0 Å². The predicted molar refractivity (Wildman–Crippen MR) is 80.1 cm³/mol. The molecule has 17 heavy (non-hydrogen) atoms. The summed E-state index contributed by atoms with van der Waals surface area (Å²) in [4.78, 5) is 0. The van der Waals surface area contributed by atoms with Crippen molar-refractivity contribution in [3.05, 3.63) is 31.7 Å². The van der Waals surface area contributed by atoms with Gasteiger partial charge in [0.15, 0.2) is 0 Å². The van der Waals surface area contributed by atoms with E-state index in [1.165, 1.54) is 77.0 Å². The molecule has 0 heteroatoms. The van der Waals surface area contributed by atoms with Crippen LogP contribution in [0.5, 0.6) is 0 Å². The highest BCUT2D eigenvalue weighted by molar-refractivity contribution is 4.83. The van der Waals surface area contributed by atoms with Crippen LogP contribution in [0.4, 0.5) is 0 Å². The molecule has 0 aromatic heterocycles. The average molecular weight is 235 g/mol. The molecule has 0 aliphatic carbocycles. The van der Waals surface area contributed by atoms with Crippen LogP contribution < -0.4 is 0 Å². The van der Waals surface area contributed by atoms with E-state index in [9.17, 15) is 0 Å². The van der Waals surface area contributed by atoms with E-state index in [4.69, 9.17) is 0 Å². The summed E-state index contributed by atoms with van der Waals surface area (Å²) in [5.74, 6) is 0. The van der Waals surface area contributed by atoms with Crippen LogP contribution in [-0.4, -0.2) is 0 Å². The Kier molecular flexibility index (Phi) is 15.0. The lowest BCUT2D eigenvalue weighted by Gasteiger charge is -2.01. The normalized spacial score (nSPS) is 11.1.